The van der Waals surface area contributed by atoms with Gasteiger partial charge in [-0.05, 0) is 50.6 Å². The molecule has 1 N–H and O–H groups in total. The Bertz CT molecular complexity index is 989. The topological polar surface area (TPSA) is 46.4 Å². The lowest BCUT2D eigenvalue weighted by Crippen LogP contribution is -2.18. The lowest BCUT2D eigenvalue weighted by Gasteiger charge is -2.12. The number of halogens is 1. The largest absolute Gasteiger partial charge is 0.318 e. The highest BCUT2D eigenvalue weighted by Gasteiger charge is 2.11. The van der Waals surface area contributed by atoms with Gasteiger partial charge in [0, 0.05) is 22.6 Å². The molecule has 1 heterocycles. The zero-order valence-corrected chi connectivity index (χ0v) is 15.7. The third-order valence-electron chi connectivity index (χ3n) is 4.31. The molecule has 3 aromatic rings. The van der Waals surface area contributed by atoms with E-state index in [9.17, 15) is 4.79 Å². The number of nitrogens with one attached hydrogen (secondary N) is 1. The minimum atomic E-state index is -0.334. The van der Waals surface area contributed by atoms with E-state index < -0.39 is 0 Å². The first-order valence-corrected chi connectivity index (χ1v) is 8.69. The van der Waals surface area contributed by atoms with E-state index in [1.807, 2.05) is 25.1 Å². The Morgan fingerprint density at radius 2 is 1.77 bits per heavy atom. The number of nitrogens with zero attached hydrogens (tertiary/aromatic N) is 2. The van der Waals surface area contributed by atoms with Gasteiger partial charge in [-0.15, -0.1) is 0 Å². The van der Waals surface area contributed by atoms with Crippen molar-refractivity contribution >= 4 is 23.7 Å². The van der Waals surface area contributed by atoms with Gasteiger partial charge in [0.05, 0.1) is 16.8 Å². The van der Waals surface area contributed by atoms with Crippen LogP contribution in [-0.4, -0.2) is 16.7 Å². The Balaban J connectivity index is 1.82. The van der Waals surface area contributed by atoms with Gasteiger partial charge in [0.15, 0.2) is 0 Å². The van der Waals surface area contributed by atoms with Crippen molar-refractivity contribution in [2.24, 2.45) is 5.10 Å². The average Bonchev–Trinajstić information content (AvgIpc) is 2.90. The quantitative estimate of drug-likeness (QED) is 0.523. The third kappa shape index (κ3) is 3.55. The van der Waals surface area contributed by atoms with Crippen LogP contribution in [0.3, 0.4) is 0 Å². The summed E-state index contributed by atoms with van der Waals surface area (Å²) in [5, 5.41) is 4.49. The minimum absolute atomic E-state index is 0.334. The fourth-order valence-corrected chi connectivity index (χ4v) is 3.19. The molecule has 4 nitrogen and oxygen atoms in total. The van der Waals surface area contributed by atoms with Crippen molar-refractivity contribution in [1.29, 1.82) is 0 Å². The number of aromatic nitrogens is 1. The Morgan fingerprint density at radius 1 is 1.08 bits per heavy atom. The molecule has 5 heteroatoms. The monoisotopic (exact) mass is 365 g/mol. The van der Waals surface area contributed by atoms with E-state index in [0.29, 0.717) is 10.6 Å². The molecule has 132 valence electrons. The summed E-state index contributed by atoms with van der Waals surface area (Å²) >= 11 is 6.03. The van der Waals surface area contributed by atoms with Gasteiger partial charge < -0.3 is 4.57 Å². The molecule has 0 aliphatic heterocycles. The number of amides is 1. The first-order valence-electron chi connectivity index (χ1n) is 8.32. The Hall–Kier alpha value is -2.85. The number of hydrazone groups is 1. The summed E-state index contributed by atoms with van der Waals surface area (Å²) in [5.41, 5.74) is 8.39. The van der Waals surface area contributed by atoms with E-state index in [-0.39, 0.29) is 5.91 Å². The lowest BCUT2D eigenvalue weighted by molar-refractivity contribution is 0.0955. The average molecular weight is 366 g/mol. The van der Waals surface area contributed by atoms with Gasteiger partial charge in [-0.3, -0.25) is 4.79 Å². The van der Waals surface area contributed by atoms with Gasteiger partial charge in [0.1, 0.15) is 0 Å². The van der Waals surface area contributed by atoms with Crippen molar-refractivity contribution in [3.8, 4) is 5.69 Å². The van der Waals surface area contributed by atoms with Gasteiger partial charge in [-0.2, -0.15) is 5.10 Å². The van der Waals surface area contributed by atoms with Gasteiger partial charge in [0.25, 0.3) is 5.91 Å². The normalized spacial score (nSPS) is 11.1. The molecule has 0 aliphatic rings. The SMILES string of the molecule is Cc1ccccc1-n1c(C)cc(/C=N\NC(=O)c2ccccc2Cl)c1C. The molecule has 0 fully saturated rings. The maximum atomic E-state index is 12.2. The van der Waals surface area contributed by atoms with Crippen LogP contribution in [0.25, 0.3) is 5.69 Å². The van der Waals surface area contributed by atoms with Crippen LogP contribution in [0.5, 0.6) is 0 Å². The van der Waals surface area contributed by atoms with Gasteiger partial charge in [-0.1, -0.05) is 41.9 Å². The van der Waals surface area contributed by atoms with Gasteiger partial charge in [-0.25, -0.2) is 5.43 Å². The Labute approximate surface area is 158 Å². The van der Waals surface area contributed by atoms with Crippen LogP contribution < -0.4 is 5.43 Å². The molecule has 3 rings (SSSR count). The van der Waals surface area contributed by atoms with Crippen LogP contribution in [0.15, 0.2) is 59.7 Å². The summed E-state index contributed by atoms with van der Waals surface area (Å²) in [6, 6.07) is 17.2. The molecule has 0 saturated heterocycles. The molecule has 0 aliphatic carbocycles. The molecule has 1 aromatic heterocycles. The smallest absolute Gasteiger partial charge is 0.272 e. The van der Waals surface area contributed by atoms with Crippen LogP contribution in [0.2, 0.25) is 5.02 Å². The number of aryl methyl sites for hydroxylation is 2. The summed E-state index contributed by atoms with van der Waals surface area (Å²) in [5.74, 6) is -0.334. The van der Waals surface area contributed by atoms with Crippen LogP contribution in [0.1, 0.15) is 32.9 Å². The first kappa shape index (κ1) is 18.0. The summed E-state index contributed by atoms with van der Waals surface area (Å²) in [6.07, 6.45) is 1.66. The van der Waals surface area contributed by atoms with Crippen LogP contribution in [0, 0.1) is 20.8 Å². The Kier molecular flexibility index (Phi) is 5.24. The standard InChI is InChI=1S/C21H20ClN3O/c1-14-8-4-7-11-20(14)25-15(2)12-17(16(25)3)13-23-24-21(26)18-9-5-6-10-19(18)22/h4-13H,1-3H3,(H,24,26)/b23-13-. The fourth-order valence-electron chi connectivity index (χ4n) is 2.97. The van der Waals surface area contributed by atoms with Gasteiger partial charge in [0.2, 0.25) is 0 Å². The lowest BCUT2D eigenvalue weighted by atomic mass is 10.2. The maximum Gasteiger partial charge on any atom is 0.272 e. The van der Waals surface area contributed by atoms with E-state index in [2.05, 4.69) is 41.1 Å². The van der Waals surface area contributed by atoms with Crippen molar-refractivity contribution in [3.05, 3.63) is 87.7 Å². The zero-order valence-electron chi connectivity index (χ0n) is 15.0. The van der Waals surface area contributed by atoms with E-state index in [1.165, 1.54) is 5.56 Å². The van der Waals surface area contributed by atoms with Crippen molar-refractivity contribution in [1.82, 2.24) is 9.99 Å². The molecule has 26 heavy (non-hydrogen) atoms. The number of carbonyl (C=O) groups excluding carboxylic acids is 1. The van der Waals surface area contributed by atoms with E-state index in [4.69, 9.17) is 11.6 Å². The highest BCUT2D eigenvalue weighted by atomic mass is 35.5. The second kappa shape index (κ2) is 7.58. The van der Waals surface area contributed by atoms with Crippen molar-refractivity contribution < 1.29 is 4.79 Å². The maximum absolute atomic E-state index is 12.2. The molecule has 0 unspecified atom stereocenters. The minimum Gasteiger partial charge on any atom is -0.318 e. The molecule has 0 spiro atoms. The summed E-state index contributed by atoms with van der Waals surface area (Å²) in [4.78, 5) is 12.2. The molecule has 0 radical (unpaired) electrons. The first-order chi connectivity index (χ1) is 12.5. The van der Waals surface area contributed by atoms with E-state index >= 15 is 0 Å². The van der Waals surface area contributed by atoms with Crippen molar-refractivity contribution in [3.63, 3.8) is 0 Å². The molecular weight excluding hydrogens is 346 g/mol. The summed E-state index contributed by atoms with van der Waals surface area (Å²) in [6.45, 7) is 6.18. The summed E-state index contributed by atoms with van der Waals surface area (Å²) < 4.78 is 2.19. The van der Waals surface area contributed by atoms with Crippen LogP contribution in [0.4, 0.5) is 0 Å². The molecule has 0 bridgehead atoms. The number of hydrogen-bond donors (Lipinski definition) is 1. The number of benzene rings is 2. The zero-order chi connectivity index (χ0) is 18.7. The predicted molar refractivity (Wildman–Crippen MR) is 106 cm³/mol. The van der Waals surface area contributed by atoms with Crippen molar-refractivity contribution in [2.75, 3.05) is 0 Å². The second-order valence-corrected chi connectivity index (χ2v) is 6.53. The Morgan fingerprint density at radius 3 is 2.50 bits per heavy atom. The highest BCUT2D eigenvalue weighted by Crippen LogP contribution is 2.22. The fraction of sp³-hybridized carbons (Fsp3) is 0.143. The van der Waals surface area contributed by atoms with Crippen LogP contribution >= 0.6 is 11.6 Å². The van der Waals surface area contributed by atoms with Crippen molar-refractivity contribution in [2.45, 2.75) is 20.8 Å². The number of hydrogen-bond acceptors (Lipinski definition) is 2. The van der Waals surface area contributed by atoms with E-state index in [1.54, 1.807) is 30.5 Å². The number of carbonyl (C=O) groups is 1. The second-order valence-electron chi connectivity index (χ2n) is 6.13. The van der Waals surface area contributed by atoms with Crippen LogP contribution in [-0.2, 0) is 0 Å². The van der Waals surface area contributed by atoms with Gasteiger partial charge >= 0.3 is 0 Å². The molecule has 2 aromatic carbocycles. The van der Waals surface area contributed by atoms with E-state index in [0.717, 1.165) is 22.6 Å². The third-order valence-corrected chi connectivity index (χ3v) is 4.64. The number of para-hydroxylation sites is 1. The summed E-state index contributed by atoms with van der Waals surface area (Å²) in [7, 11) is 0. The highest BCUT2D eigenvalue weighted by molar-refractivity contribution is 6.33. The predicted octanol–water partition coefficient (Wildman–Crippen LogP) is 4.82. The molecular formula is C21H20ClN3O. The molecule has 1 amide bonds. The molecule has 0 atom stereocenters. The number of rotatable bonds is 4. The molecule has 0 saturated carbocycles.